The van der Waals surface area contributed by atoms with E-state index in [0.717, 1.165) is 5.69 Å². The molecule has 2 aromatic carbocycles. The number of halogens is 2. The van der Waals surface area contributed by atoms with Crippen LogP contribution in [0.15, 0.2) is 47.6 Å². The molecule has 24 heavy (non-hydrogen) atoms. The molecule has 0 radical (unpaired) electrons. The number of rotatable bonds is 6. The van der Waals surface area contributed by atoms with Gasteiger partial charge < -0.3 is 10.1 Å². The lowest BCUT2D eigenvalue weighted by Gasteiger charge is -2.08. The maximum atomic E-state index is 11.9. The highest BCUT2D eigenvalue weighted by molar-refractivity contribution is 6.37. The molecule has 0 aliphatic rings. The van der Waals surface area contributed by atoms with Crippen molar-refractivity contribution >= 4 is 40.5 Å². The molecule has 7 heteroatoms. The summed E-state index contributed by atoms with van der Waals surface area (Å²) in [6, 6.07) is 12.4. The minimum Gasteiger partial charge on any atom is -0.497 e. The van der Waals surface area contributed by atoms with Gasteiger partial charge in [-0.15, -0.1) is 0 Å². The Bertz CT molecular complexity index is 763. The van der Waals surface area contributed by atoms with Crippen molar-refractivity contribution in [1.29, 1.82) is 0 Å². The summed E-state index contributed by atoms with van der Waals surface area (Å²) in [4.78, 5) is 11.9. The number of hydrogen-bond acceptors (Lipinski definition) is 4. The van der Waals surface area contributed by atoms with Crippen molar-refractivity contribution in [3.63, 3.8) is 0 Å². The Hall–Kier alpha value is -2.24. The number of carbonyl (C=O) groups is 1. The summed E-state index contributed by atoms with van der Waals surface area (Å²) < 4.78 is 5.12. The van der Waals surface area contributed by atoms with E-state index in [1.807, 2.05) is 18.2 Å². The van der Waals surface area contributed by atoms with Gasteiger partial charge in [0.1, 0.15) is 5.75 Å². The van der Waals surface area contributed by atoms with Crippen molar-refractivity contribution in [3.8, 4) is 5.75 Å². The molecule has 1 amide bonds. The average molecular weight is 366 g/mol. The molecule has 0 bridgehead atoms. The highest BCUT2D eigenvalue weighted by atomic mass is 35.5. The lowest BCUT2D eigenvalue weighted by molar-refractivity contribution is -0.119. The summed E-state index contributed by atoms with van der Waals surface area (Å²) in [5.41, 5.74) is 4.57. The Kier molecular flexibility index (Phi) is 6.46. The Labute approximate surface area is 150 Å². The molecule has 0 aliphatic heterocycles. The summed E-state index contributed by atoms with van der Waals surface area (Å²) in [5, 5.41) is 8.08. The highest BCUT2D eigenvalue weighted by Crippen LogP contribution is 2.21. The molecular weight excluding hydrogens is 349 g/mol. The number of amides is 1. The minimum atomic E-state index is -0.276. The Morgan fingerprint density at radius 2 is 2.00 bits per heavy atom. The summed E-state index contributed by atoms with van der Waals surface area (Å²) in [6.45, 7) is 1.84. The van der Waals surface area contributed by atoms with Gasteiger partial charge in [0.25, 0.3) is 5.91 Å². The molecule has 126 valence electrons. The maximum Gasteiger partial charge on any atom is 0.259 e. The van der Waals surface area contributed by atoms with Crippen LogP contribution in [0.3, 0.4) is 0 Å². The zero-order chi connectivity index (χ0) is 17.5. The number of nitrogens with zero attached hydrogens (tertiary/aromatic N) is 1. The van der Waals surface area contributed by atoms with Crippen molar-refractivity contribution in [2.75, 3.05) is 19.0 Å². The van der Waals surface area contributed by atoms with Gasteiger partial charge in [-0.1, -0.05) is 35.3 Å². The van der Waals surface area contributed by atoms with E-state index in [9.17, 15) is 4.79 Å². The van der Waals surface area contributed by atoms with Crippen molar-refractivity contribution in [2.45, 2.75) is 6.92 Å². The number of hydrogen-bond donors (Lipinski definition) is 2. The zero-order valence-electron chi connectivity index (χ0n) is 13.3. The monoisotopic (exact) mass is 365 g/mol. The van der Waals surface area contributed by atoms with Crippen LogP contribution in [0, 0.1) is 0 Å². The second-order valence-electron chi connectivity index (χ2n) is 4.94. The number of hydrazone groups is 1. The van der Waals surface area contributed by atoms with Crippen LogP contribution in [-0.4, -0.2) is 25.3 Å². The van der Waals surface area contributed by atoms with Crippen molar-refractivity contribution in [1.82, 2.24) is 5.43 Å². The Balaban J connectivity index is 1.92. The standard InChI is InChI=1S/C17H17Cl2N3O2/c1-11(15-7-6-12(18)8-16(15)19)21-22-17(23)10-20-13-4-3-5-14(9-13)24-2/h3-9,20H,10H2,1-2H3,(H,22,23)/b21-11-. The molecule has 2 N–H and O–H groups in total. The van der Waals surface area contributed by atoms with Crippen LogP contribution in [0.1, 0.15) is 12.5 Å². The first-order valence-electron chi connectivity index (χ1n) is 7.16. The fourth-order valence-electron chi connectivity index (χ4n) is 1.94. The molecule has 0 spiro atoms. The molecule has 0 saturated heterocycles. The fraction of sp³-hybridized carbons (Fsp3) is 0.176. The van der Waals surface area contributed by atoms with E-state index >= 15 is 0 Å². The predicted molar refractivity (Wildman–Crippen MR) is 98.3 cm³/mol. The van der Waals surface area contributed by atoms with Crippen molar-refractivity contribution in [2.24, 2.45) is 5.10 Å². The molecule has 5 nitrogen and oxygen atoms in total. The lowest BCUT2D eigenvalue weighted by atomic mass is 10.1. The van der Waals surface area contributed by atoms with E-state index in [1.165, 1.54) is 0 Å². The van der Waals surface area contributed by atoms with Crippen LogP contribution in [0.4, 0.5) is 5.69 Å². The largest absolute Gasteiger partial charge is 0.497 e. The maximum absolute atomic E-state index is 11.9. The average Bonchev–Trinajstić information content (AvgIpc) is 2.58. The molecule has 0 fully saturated rings. The van der Waals surface area contributed by atoms with E-state index < -0.39 is 0 Å². The molecule has 2 rings (SSSR count). The van der Waals surface area contributed by atoms with E-state index in [1.54, 1.807) is 38.3 Å². The van der Waals surface area contributed by atoms with Crippen LogP contribution in [0.25, 0.3) is 0 Å². The van der Waals surface area contributed by atoms with Gasteiger partial charge in [-0.05, 0) is 31.2 Å². The van der Waals surface area contributed by atoms with E-state index in [2.05, 4.69) is 15.8 Å². The number of nitrogens with one attached hydrogen (secondary N) is 2. The van der Waals surface area contributed by atoms with Gasteiger partial charge in [-0.3, -0.25) is 4.79 Å². The molecule has 0 heterocycles. The lowest BCUT2D eigenvalue weighted by Crippen LogP contribution is -2.26. The first-order valence-corrected chi connectivity index (χ1v) is 7.91. The topological polar surface area (TPSA) is 62.7 Å². The highest BCUT2D eigenvalue weighted by Gasteiger charge is 2.06. The van der Waals surface area contributed by atoms with E-state index in [4.69, 9.17) is 27.9 Å². The third-order valence-corrected chi connectivity index (χ3v) is 3.74. The molecule has 0 saturated carbocycles. The van der Waals surface area contributed by atoms with E-state index in [0.29, 0.717) is 27.1 Å². The third kappa shape index (κ3) is 5.15. The molecular formula is C17H17Cl2N3O2. The minimum absolute atomic E-state index is 0.0816. The van der Waals surface area contributed by atoms with Crippen LogP contribution in [0.2, 0.25) is 10.0 Å². The molecule has 0 unspecified atom stereocenters. The summed E-state index contributed by atoms with van der Waals surface area (Å²) >= 11 is 12.0. The normalized spacial score (nSPS) is 11.1. The molecule has 0 aliphatic carbocycles. The summed E-state index contributed by atoms with van der Waals surface area (Å²) in [7, 11) is 1.59. The number of anilines is 1. The van der Waals surface area contributed by atoms with Gasteiger partial charge in [0.05, 0.1) is 24.4 Å². The predicted octanol–water partition coefficient (Wildman–Crippen LogP) is 3.95. The van der Waals surface area contributed by atoms with Crippen molar-refractivity contribution < 1.29 is 9.53 Å². The SMILES string of the molecule is COc1cccc(NCC(=O)N/N=C(/C)c2ccc(Cl)cc2Cl)c1. The zero-order valence-corrected chi connectivity index (χ0v) is 14.8. The second kappa shape index (κ2) is 8.57. The summed E-state index contributed by atoms with van der Waals surface area (Å²) in [6.07, 6.45) is 0. The first kappa shape index (κ1) is 18.1. The molecule has 0 aromatic heterocycles. The van der Waals surface area contributed by atoms with Gasteiger partial charge in [-0.2, -0.15) is 5.10 Å². The van der Waals surface area contributed by atoms with Gasteiger partial charge in [0.2, 0.25) is 0 Å². The van der Waals surface area contributed by atoms with Crippen molar-refractivity contribution in [3.05, 3.63) is 58.1 Å². The number of methoxy groups -OCH3 is 1. The van der Waals surface area contributed by atoms with Crippen LogP contribution in [-0.2, 0) is 4.79 Å². The summed E-state index contributed by atoms with van der Waals surface area (Å²) in [5.74, 6) is 0.439. The smallest absolute Gasteiger partial charge is 0.259 e. The molecule has 2 aromatic rings. The Morgan fingerprint density at radius 3 is 2.71 bits per heavy atom. The second-order valence-corrected chi connectivity index (χ2v) is 5.79. The van der Waals surface area contributed by atoms with Gasteiger partial charge >= 0.3 is 0 Å². The number of benzene rings is 2. The van der Waals surface area contributed by atoms with Crippen LogP contribution in [0.5, 0.6) is 5.75 Å². The molecule has 0 atom stereocenters. The van der Waals surface area contributed by atoms with Gasteiger partial charge in [0.15, 0.2) is 0 Å². The van der Waals surface area contributed by atoms with Gasteiger partial charge in [0, 0.05) is 22.3 Å². The van der Waals surface area contributed by atoms with E-state index in [-0.39, 0.29) is 12.5 Å². The van der Waals surface area contributed by atoms with Crippen LogP contribution >= 0.6 is 23.2 Å². The van der Waals surface area contributed by atoms with Gasteiger partial charge in [-0.25, -0.2) is 5.43 Å². The number of ether oxygens (including phenoxy) is 1. The fourth-order valence-corrected chi connectivity index (χ4v) is 2.49. The first-order chi connectivity index (χ1) is 11.5. The number of carbonyl (C=O) groups excluding carboxylic acids is 1. The Morgan fingerprint density at radius 1 is 1.21 bits per heavy atom. The quantitative estimate of drug-likeness (QED) is 0.601. The van der Waals surface area contributed by atoms with Crippen LogP contribution < -0.4 is 15.5 Å². The third-order valence-electron chi connectivity index (χ3n) is 3.19.